The van der Waals surface area contributed by atoms with Crippen LogP contribution in [0, 0.1) is 11.8 Å². The molecular weight excluding hydrogens is 242 g/mol. The molecule has 2 heterocycles. The molecule has 0 saturated carbocycles. The van der Waals surface area contributed by atoms with Gasteiger partial charge in [-0.25, -0.2) is 0 Å². The number of rotatable bonds is 7. The molecule has 1 fully saturated rings. The molecule has 1 saturated heterocycles. The van der Waals surface area contributed by atoms with E-state index in [4.69, 9.17) is 9.26 Å². The van der Waals surface area contributed by atoms with Crippen LogP contribution in [-0.2, 0) is 17.6 Å². The first kappa shape index (κ1) is 14.5. The summed E-state index contributed by atoms with van der Waals surface area (Å²) in [4.78, 5) is 4.50. The topological polar surface area (TPSA) is 60.2 Å². The van der Waals surface area contributed by atoms with Crippen LogP contribution in [0.3, 0.4) is 0 Å². The second-order valence-corrected chi connectivity index (χ2v) is 5.65. The monoisotopic (exact) mass is 267 g/mol. The van der Waals surface area contributed by atoms with Crippen molar-refractivity contribution in [2.45, 2.75) is 46.1 Å². The lowest BCUT2D eigenvalue weighted by atomic mass is 10.0. The molecule has 0 amide bonds. The summed E-state index contributed by atoms with van der Waals surface area (Å²) < 4.78 is 10.7. The van der Waals surface area contributed by atoms with E-state index in [-0.39, 0.29) is 0 Å². The molecule has 5 heteroatoms. The minimum atomic E-state index is 0.396. The number of likely N-dealkylation sites (N-methyl/N-ethyl adjacent to an activating group) is 1. The Balaban J connectivity index is 1.88. The normalized spacial score (nSPS) is 21.2. The third-order valence-corrected chi connectivity index (χ3v) is 3.67. The van der Waals surface area contributed by atoms with Gasteiger partial charge < -0.3 is 14.6 Å². The highest BCUT2D eigenvalue weighted by Crippen LogP contribution is 2.17. The number of hydrogen-bond acceptors (Lipinski definition) is 5. The predicted molar refractivity (Wildman–Crippen MR) is 72.9 cm³/mol. The zero-order chi connectivity index (χ0) is 13.7. The van der Waals surface area contributed by atoms with Crippen molar-refractivity contribution in [2.24, 2.45) is 11.8 Å². The molecule has 1 N–H and O–H groups in total. The molecule has 19 heavy (non-hydrogen) atoms. The van der Waals surface area contributed by atoms with Gasteiger partial charge in [0, 0.05) is 32.1 Å². The zero-order valence-electron chi connectivity index (χ0n) is 12.2. The highest BCUT2D eigenvalue weighted by atomic mass is 16.5. The summed E-state index contributed by atoms with van der Waals surface area (Å²) in [6.07, 6.45) is 2.78. The third-order valence-electron chi connectivity index (χ3n) is 3.67. The maximum atomic E-state index is 5.37. The summed E-state index contributed by atoms with van der Waals surface area (Å²) >= 11 is 0. The Bertz CT molecular complexity index is 373. The molecular formula is C14H25N3O2. The molecule has 0 radical (unpaired) electrons. The van der Waals surface area contributed by atoms with Gasteiger partial charge in [-0.3, -0.25) is 0 Å². The first-order valence-corrected chi connectivity index (χ1v) is 7.31. The van der Waals surface area contributed by atoms with Gasteiger partial charge >= 0.3 is 0 Å². The lowest BCUT2D eigenvalue weighted by Crippen LogP contribution is -2.35. The van der Waals surface area contributed by atoms with Gasteiger partial charge in [-0.05, 0) is 24.8 Å². The molecule has 1 aromatic rings. The highest BCUT2D eigenvalue weighted by molar-refractivity contribution is 4.92. The maximum absolute atomic E-state index is 5.37. The standard InChI is InChI=1S/C14H25N3O2/c1-4-15-12(10(2)3)8-14-16-13(17-19-14)7-11-5-6-18-9-11/h10-12,15H,4-9H2,1-3H3. The van der Waals surface area contributed by atoms with Gasteiger partial charge in [0.05, 0.1) is 0 Å². The van der Waals surface area contributed by atoms with E-state index in [9.17, 15) is 0 Å². The van der Waals surface area contributed by atoms with Crippen LogP contribution < -0.4 is 5.32 Å². The van der Waals surface area contributed by atoms with Crippen molar-refractivity contribution < 1.29 is 9.26 Å². The van der Waals surface area contributed by atoms with Crippen LogP contribution in [0.1, 0.15) is 38.9 Å². The number of hydrogen-bond donors (Lipinski definition) is 1. The molecule has 5 nitrogen and oxygen atoms in total. The second kappa shape index (κ2) is 7.01. The number of nitrogens with zero attached hydrogens (tertiary/aromatic N) is 2. The van der Waals surface area contributed by atoms with E-state index >= 15 is 0 Å². The van der Waals surface area contributed by atoms with E-state index < -0.39 is 0 Å². The van der Waals surface area contributed by atoms with Gasteiger partial charge in [-0.1, -0.05) is 25.9 Å². The van der Waals surface area contributed by atoms with E-state index in [0.717, 1.165) is 50.7 Å². The SMILES string of the molecule is CCNC(Cc1nc(CC2CCOC2)no1)C(C)C. The van der Waals surface area contributed by atoms with Crippen molar-refractivity contribution in [2.75, 3.05) is 19.8 Å². The molecule has 2 unspecified atom stereocenters. The molecule has 1 aliphatic heterocycles. The van der Waals surface area contributed by atoms with E-state index in [1.165, 1.54) is 0 Å². The average Bonchev–Trinajstić information content (AvgIpc) is 3.01. The van der Waals surface area contributed by atoms with Crippen LogP contribution in [0.4, 0.5) is 0 Å². The molecule has 2 rings (SSSR count). The fourth-order valence-electron chi connectivity index (χ4n) is 2.45. The fourth-order valence-corrected chi connectivity index (χ4v) is 2.45. The Morgan fingerprint density at radius 1 is 1.42 bits per heavy atom. The average molecular weight is 267 g/mol. The predicted octanol–water partition coefficient (Wildman–Crippen LogP) is 1.83. The Morgan fingerprint density at radius 3 is 2.89 bits per heavy atom. The Morgan fingerprint density at radius 2 is 2.26 bits per heavy atom. The molecule has 1 aromatic heterocycles. The number of ether oxygens (including phenoxy) is 1. The highest BCUT2D eigenvalue weighted by Gasteiger charge is 2.21. The van der Waals surface area contributed by atoms with Crippen molar-refractivity contribution in [3.05, 3.63) is 11.7 Å². The molecule has 0 spiro atoms. The van der Waals surface area contributed by atoms with E-state index in [2.05, 4.69) is 36.2 Å². The summed E-state index contributed by atoms with van der Waals surface area (Å²) in [5.74, 6) is 2.68. The molecule has 0 bridgehead atoms. The van der Waals surface area contributed by atoms with Crippen LogP contribution in [0.5, 0.6) is 0 Å². The van der Waals surface area contributed by atoms with Gasteiger partial charge in [-0.15, -0.1) is 0 Å². The van der Waals surface area contributed by atoms with Crippen molar-refractivity contribution in [1.82, 2.24) is 15.5 Å². The van der Waals surface area contributed by atoms with Crippen LogP contribution in [0.2, 0.25) is 0 Å². The zero-order valence-corrected chi connectivity index (χ0v) is 12.2. The fraction of sp³-hybridized carbons (Fsp3) is 0.857. The summed E-state index contributed by atoms with van der Waals surface area (Å²) in [7, 11) is 0. The van der Waals surface area contributed by atoms with E-state index in [0.29, 0.717) is 17.9 Å². The van der Waals surface area contributed by atoms with Crippen molar-refractivity contribution in [1.29, 1.82) is 0 Å². The smallest absolute Gasteiger partial charge is 0.228 e. The molecule has 108 valence electrons. The molecule has 1 aliphatic rings. The number of aromatic nitrogens is 2. The van der Waals surface area contributed by atoms with Gasteiger partial charge in [0.2, 0.25) is 5.89 Å². The van der Waals surface area contributed by atoms with Crippen LogP contribution >= 0.6 is 0 Å². The molecule has 2 atom stereocenters. The van der Waals surface area contributed by atoms with E-state index in [1.54, 1.807) is 0 Å². The Labute approximate surface area is 115 Å². The molecule has 0 aliphatic carbocycles. The lowest BCUT2D eigenvalue weighted by Gasteiger charge is -2.19. The van der Waals surface area contributed by atoms with Gasteiger partial charge in [0.1, 0.15) is 0 Å². The van der Waals surface area contributed by atoms with Crippen LogP contribution in [0.15, 0.2) is 4.52 Å². The Hall–Kier alpha value is -0.940. The first-order valence-electron chi connectivity index (χ1n) is 7.31. The summed E-state index contributed by atoms with van der Waals surface area (Å²) in [5.41, 5.74) is 0. The minimum absolute atomic E-state index is 0.396. The number of nitrogens with one attached hydrogen (secondary N) is 1. The largest absolute Gasteiger partial charge is 0.381 e. The summed E-state index contributed by atoms with van der Waals surface area (Å²) in [6.45, 7) is 9.19. The van der Waals surface area contributed by atoms with E-state index in [1.807, 2.05) is 0 Å². The maximum Gasteiger partial charge on any atom is 0.228 e. The van der Waals surface area contributed by atoms with Gasteiger partial charge in [0.25, 0.3) is 0 Å². The van der Waals surface area contributed by atoms with Crippen molar-refractivity contribution >= 4 is 0 Å². The summed E-state index contributed by atoms with van der Waals surface area (Å²) in [5, 5.41) is 7.55. The minimum Gasteiger partial charge on any atom is -0.381 e. The summed E-state index contributed by atoms with van der Waals surface area (Å²) in [6, 6.07) is 0.396. The molecule has 0 aromatic carbocycles. The lowest BCUT2D eigenvalue weighted by molar-refractivity contribution is 0.185. The Kier molecular flexibility index (Phi) is 5.34. The van der Waals surface area contributed by atoms with Crippen molar-refractivity contribution in [3.63, 3.8) is 0 Å². The third kappa shape index (κ3) is 4.28. The van der Waals surface area contributed by atoms with Crippen LogP contribution in [0.25, 0.3) is 0 Å². The first-order chi connectivity index (χ1) is 9.19. The van der Waals surface area contributed by atoms with Crippen LogP contribution in [-0.4, -0.2) is 35.9 Å². The van der Waals surface area contributed by atoms with Crippen molar-refractivity contribution in [3.8, 4) is 0 Å². The quantitative estimate of drug-likeness (QED) is 0.816. The second-order valence-electron chi connectivity index (χ2n) is 5.65. The van der Waals surface area contributed by atoms with Gasteiger partial charge in [0.15, 0.2) is 5.82 Å². The van der Waals surface area contributed by atoms with Gasteiger partial charge in [-0.2, -0.15) is 4.98 Å².